The summed E-state index contributed by atoms with van der Waals surface area (Å²) in [6.45, 7) is 6.40. The van der Waals surface area contributed by atoms with E-state index in [9.17, 15) is 5.11 Å². The van der Waals surface area contributed by atoms with Crippen molar-refractivity contribution in [3.05, 3.63) is 34.9 Å². The Morgan fingerprint density at radius 3 is 2.50 bits per heavy atom. The molecule has 0 radical (unpaired) electrons. The maximum absolute atomic E-state index is 9.99. The molecular weight excluding hydrogens is 232 g/mol. The van der Waals surface area contributed by atoms with Crippen LogP contribution in [0.4, 0.5) is 0 Å². The molecule has 0 spiro atoms. The first-order valence-electron chi connectivity index (χ1n) is 5.79. The first-order valence-corrected chi connectivity index (χ1v) is 5.79. The normalized spacial score (nSPS) is 23.1. The molecule has 1 unspecified atom stereocenters. The molecule has 1 aromatic carbocycles. The van der Waals surface area contributed by atoms with Crippen molar-refractivity contribution in [2.75, 3.05) is 0 Å². The number of hydrogen-bond donors (Lipinski definition) is 1. The van der Waals surface area contributed by atoms with Gasteiger partial charge in [0, 0.05) is 34.6 Å². The van der Waals surface area contributed by atoms with Crippen LogP contribution in [-0.4, -0.2) is 10.7 Å². The van der Waals surface area contributed by atoms with Crippen molar-refractivity contribution in [1.82, 2.24) is 0 Å². The number of rotatable bonds is 2. The zero-order valence-corrected chi connectivity index (χ0v) is 11.9. The van der Waals surface area contributed by atoms with Crippen molar-refractivity contribution in [3.8, 4) is 0 Å². The predicted molar refractivity (Wildman–Crippen MR) is 63.0 cm³/mol. The van der Waals surface area contributed by atoms with Crippen molar-refractivity contribution in [1.29, 1.82) is 0 Å². The summed E-state index contributed by atoms with van der Waals surface area (Å²) < 4.78 is 0. The van der Waals surface area contributed by atoms with Gasteiger partial charge in [-0.25, -0.2) is 0 Å². The molecule has 16 heavy (non-hydrogen) atoms. The summed E-state index contributed by atoms with van der Waals surface area (Å²) in [5, 5.41) is 9.99. The maximum Gasteiger partial charge on any atom is 0.0700 e. The van der Waals surface area contributed by atoms with E-state index in [1.807, 2.05) is 6.92 Å². The molecule has 1 atom stereocenters. The topological polar surface area (TPSA) is 20.2 Å². The second-order valence-corrected chi connectivity index (χ2v) is 5.55. The summed E-state index contributed by atoms with van der Waals surface area (Å²) in [5.41, 5.74) is 3.56. The van der Waals surface area contributed by atoms with Gasteiger partial charge in [-0.2, -0.15) is 0 Å². The van der Waals surface area contributed by atoms with Crippen molar-refractivity contribution in [2.45, 2.75) is 45.6 Å². The van der Waals surface area contributed by atoms with Crippen LogP contribution in [0, 0.1) is 5.92 Å². The summed E-state index contributed by atoms with van der Waals surface area (Å²) in [7, 11) is 0. The minimum absolute atomic E-state index is 0. The fraction of sp³-hybridized carbons (Fsp3) is 0.571. The first-order chi connectivity index (χ1) is 6.96. The molecule has 2 rings (SSSR count). The molecule has 1 aromatic rings. The Hall–Kier alpha value is -0.106. The summed E-state index contributed by atoms with van der Waals surface area (Å²) in [6.07, 6.45) is 2.76. The molecule has 0 saturated carbocycles. The van der Waals surface area contributed by atoms with E-state index in [0.29, 0.717) is 5.92 Å². The van der Waals surface area contributed by atoms with E-state index in [1.54, 1.807) is 0 Å². The largest absolute Gasteiger partial charge is 0.389 e. The monoisotopic (exact) mass is 252 g/mol. The van der Waals surface area contributed by atoms with Crippen LogP contribution in [0.3, 0.4) is 0 Å². The number of benzene rings is 1. The van der Waals surface area contributed by atoms with Gasteiger partial charge in [0.15, 0.2) is 0 Å². The Kier molecular flexibility index (Phi) is 4.39. The van der Waals surface area contributed by atoms with Gasteiger partial charge in [0.05, 0.1) is 5.60 Å². The van der Waals surface area contributed by atoms with Gasteiger partial charge in [0.25, 0.3) is 0 Å². The Balaban J connectivity index is 0.00000128. The second-order valence-electron chi connectivity index (χ2n) is 5.55. The van der Waals surface area contributed by atoms with E-state index in [2.05, 4.69) is 32.0 Å². The molecule has 86 valence electrons. The van der Waals surface area contributed by atoms with Crippen LogP contribution in [0.25, 0.3) is 0 Å². The van der Waals surface area contributed by atoms with Crippen LogP contribution in [0.5, 0.6) is 0 Å². The second kappa shape index (κ2) is 5.04. The molecule has 2 heteroatoms. The third-order valence-electron chi connectivity index (χ3n) is 3.06. The molecule has 0 fully saturated rings. The first kappa shape index (κ1) is 14.0. The van der Waals surface area contributed by atoms with Gasteiger partial charge < -0.3 is 5.11 Å². The Labute approximate surface area is 113 Å². The number of aliphatic hydroxyl groups is 1. The van der Waals surface area contributed by atoms with Gasteiger partial charge in [-0.1, -0.05) is 32.0 Å². The minimum Gasteiger partial charge on any atom is -0.389 e. The standard InChI is InChI=1S/C14H20O.Ti/c1-10(2)6-11-4-5-12-8-14(3,15)9-13(12)7-11;/h4-5,7,10,15H,6,8-9H2,1-3H3;. The molecule has 0 amide bonds. The van der Waals surface area contributed by atoms with Crippen molar-refractivity contribution in [3.63, 3.8) is 0 Å². The van der Waals surface area contributed by atoms with Crippen LogP contribution in [0.15, 0.2) is 18.2 Å². The third kappa shape index (κ3) is 3.19. The van der Waals surface area contributed by atoms with E-state index in [1.165, 1.54) is 16.7 Å². The van der Waals surface area contributed by atoms with E-state index in [4.69, 9.17) is 0 Å². The molecule has 0 aliphatic heterocycles. The van der Waals surface area contributed by atoms with Crippen molar-refractivity contribution in [2.24, 2.45) is 5.92 Å². The molecule has 1 nitrogen and oxygen atoms in total. The fourth-order valence-corrected chi connectivity index (χ4v) is 2.50. The Morgan fingerprint density at radius 1 is 1.25 bits per heavy atom. The van der Waals surface area contributed by atoms with Gasteiger partial charge in [-0.15, -0.1) is 0 Å². The minimum atomic E-state index is -0.515. The summed E-state index contributed by atoms with van der Waals surface area (Å²) in [6, 6.07) is 6.67. The fourth-order valence-electron chi connectivity index (χ4n) is 2.50. The summed E-state index contributed by atoms with van der Waals surface area (Å²) in [4.78, 5) is 0. The molecule has 1 aliphatic carbocycles. The zero-order chi connectivity index (χ0) is 11.1. The van der Waals surface area contributed by atoms with E-state index in [-0.39, 0.29) is 21.7 Å². The SMILES string of the molecule is CC(C)Cc1ccc2c(c1)CC(C)(O)C2.[Ti]. The van der Waals surface area contributed by atoms with Gasteiger partial charge in [-0.3, -0.25) is 0 Å². The third-order valence-corrected chi connectivity index (χ3v) is 3.06. The van der Waals surface area contributed by atoms with Gasteiger partial charge in [0.1, 0.15) is 0 Å². The molecule has 0 saturated heterocycles. The molecule has 0 bridgehead atoms. The Morgan fingerprint density at radius 2 is 1.88 bits per heavy atom. The van der Waals surface area contributed by atoms with Crippen molar-refractivity contribution >= 4 is 0 Å². The number of fused-ring (bicyclic) bond motifs is 1. The van der Waals surface area contributed by atoms with Gasteiger partial charge >= 0.3 is 0 Å². The molecular formula is C14H20OTi. The molecule has 0 heterocycles. The molecule has 1 aliphatic rings. The molecule has 0 aromatic heterocycles. The average Bonchev–Trinajstić information content (AvgIpc) is 2.36. The zero-order valence-electron chi connectivity index (χ0n) is 10.4. The molecule has 1 N–H and O–H groups in total. The van der Waals surface area contributed by atoms with Crippen LogP contribution < -0.4 is 0 Å². The summed E-state index contributed by atoms with van der Waals surface area (Å²) in [5.74, 6) is 0.699. The average molecular weight is 252 g/mol. The Bertz CT molecular complexity index is 369. The van der Waals surface area contributed by atoms with Crippen LogP contribution >= 0.6 is 0 Å². The van der Waals surface area contributed by atoms with Crippen molar-refractivity contribution < 1.29 is 26.8 Å². The van der Waals surface area contributed by atoms with E-state index >= 15 is 0 Å². The van der Waals surface area contributed by atoms with E-state index < -0.39 is 5.60 Å². The quantitative estimate of drug-likeness (QED) is 0.802. The number of hydrogen-bond acceptors (Lipinski definition) is 1. The smallest absolute Gasteiger partial charge is 0.0700 e. The van der Waals surface area contributed by atoms with Crippen LogP contribution in [0.2, 0.25) is 0 Å². The van der Waals surface area contributed by atoms with Gasteiger partial charge in [-0.05, 0) is 36.0 Å². The van der Waals surface area contributed by atoms with Crippen LogP contribution in [-0.2, 0) is 41.0 Å². The van der Waals surface area contributed by atoms with Gasteiger partial charge in [0.2, 0.25) is 0 Å². The van der Waals surface area contributed by atoms with Crippen LogP contribution in [0.1, 0.15) is 37.5 Å². The maximum atomic E-state index is 9.99. The van der Waals surface area contributed by atoms with E-state index in [0.717, 1.165) is 19.3 Å². The predicted octanol–water partition coefficient (Wildman–Crippen LogP) is 2.73. The summed E-state index contributed by atoms with van der Waals surface area (Å²) >= 11 is 0.